The quantitative estimate of drug-likeness (QED) is 0.791. The SMILES string of the molecule is Nc1cc2c(N)ncnc2cc1OCCN1CCOCC1. The fraction of sp³-hybridized carbons (Fsp3) is 0.429. The van der Waals surface area contributed by atoms with Crippen LogP contribution in [0.3, 0.4) is 0 Å². The number of ether oxygens (including phenoxy) is 2. The van der Waals surface area contributed by atoms with Crippen LogP contribution in [-0.2, 0) is 4.74 Å². The van der Waals surface area contributed by atoms with Crippen molar-refractivity contribution in [2.45, 2.75) is 0 Å². The fourth-order valence-corrected chi connectivity index (χ4v) is 2.36. The number of nitrogens with zero attached hydrogens (tertiary/aromatic N) is 3. The minimum atomic E-state index is 0.423. The van der Waals surface area contributed by atoms with Gasteiger partial charge < -0.3 is 20.9 Å². The highest BCUT2D eigenvalue weighted by Crippen LogP contribution is 2.28. The van der Waals surface area contributed by atoms with E-state index in [1.807, 2.05) is 6.07 Å². The summed E-state index contributed by atoms with van der Waals surface area (Å²) in [4.78, 5) is 10.4. The van der Waals surface area contributed by atoms with Gasteiger partial charge in [-0.2, -0.15) is 0 Å². The monoisotopic (exact) mass is 289 g/mol. The summed E-state index contributed by atoms with van der Waals surface area (Å²) in [7, 11) is 0. The van der Waals surface area contributed by atoms with Crippen LogP contribution in [-0.4, -0.2) is 54.3 Å². The summed E-state index contributed by atoms with van der Waals surface area (Å²) in [5.41, 5.74) is 13.1. The molecule has 1 aromatic heterocycles. The lowest BCUT2D eigenvalue weighted by molar-refractivity contribution is 0.0323. The second kappa shape index (κ2) is 6.11. The van der Waals surface area contributed by atoms with Gasteiger partial charge in [0.2, 0.25) is 0 Å². The molecule has 0 spiro atoms. The van der Waals surface area contributed by atoms with E-state index in [1.165, 1.54) is 6.33 Å². The lowest BCUT2D eigenvalue weighted by atomic mass is 10.2. The zero-order valence-corrected chi connectivity index (χ0v) is 11.8. The molecule has 4 N–H and O–H groups in total. The van der Waals surface area contributed by atoms with Gasteiger partial charge in [-0.05, 0) is 6.07 Å². The van der Waals surface area contributed by atoms with Gasteiger partial charge >= 0.3 is 0 Å². The van der Waals surface area contributed by atoms with Gasteiger partial charge in [0.15, 0.2) is 0 Å². The summed E-state index contributed by atoms with van der Waals surface area (Å²) < 4.78 is 11.1. The van der Waals surface area contributed by atoms with E-state index in [4.69, 9.17) is 20.9 Å². The third-order valence-corrected chi connectivity index (χ3v) is 3.57. The maximum absolute atomic E-state index is 6.01. The number of anilines is 2. The normalized spacial score (nSPS) is 16.2. The summed E-state index contributed by atoms with van der Waals surface area (Å²) in [5.74, 6) is 1.06. The average molecular weight is 289 g/mol. The van der Waals surface area contributed by atoms with Crippen LogP contribution in [0.4, 0.5) is 11.5 Å². The molecule has 2 aromatic rings. The van der Waals surface area contributed by atoms with E-state index in [1.54, 1.807) is 6.07 Å². The Hall–Kier alpha value is -2.12. The van der Waals surface area contributed by atoms with Gasteiger partial charge in [-0.1, -0.05) is 0 Å². The molecule has 0 atom stereocenters. The number of benzene rings is 1. The first-order chi connectivity index (χ1) is 10.2. The van der Waals surface area contributed by atoms with Crippen molar-refractivity contribution in [2.75, 3.05) is 50.9 Å². The van der Waals surface area contributed by atoms with Gasteiger partial charge in [-0.25, -0.2) is 9.97 Å². The third-order valence-electron chi connectivity index (χ3n) is 3.57. The number of hydrogen-bond donors (Lipinski definition) is 2. The molecule has 1 aliphatic rings. The van der Waals surface area contributed by atoms with Crippen molar-refractivity contribution in [1.82, 2.24) is 14.9 Å². The predicted molar refractivity (Wildman–Crippen MR) is 81.1 cm³/mol. The Morgan fingerprint density at radius 2 is 2.00 bits per heavy atom. The molecule has 7 heteroatoms. The first-order valence-electron chi connectivity index (χ1n) is 6.96. The minimum Gasteiger partial charge on any atom is -0.490 e. The maximum atomic E-state index is 6.01. The van der Waals surface area contributed by atoms with Crippen LogP contribution in [0, 0.1) is 0 Å². The number of fused-ring (bicyclic) bond motifs is 1. The number of hydrogen-bond acceptors (Lipinski definition) is 7. The number of morpholine rings is 1. The second-order valence-electron chi connectivity index (χ2n) is 4.97. The number of nitrogens with two attached hydrogens (primary N) is 2. The van der Waals surface area contributed by atoms with Gasteiger partial charge in [0.25, 0.3) is 0 Å². The van der Waals surface area contributed by atoms with Gasteiger partial charge in [-0.15, -0.1) is 0 Å². The molecular formula is C14H19N5O2. The van der Waals surface area contributed by atoms with Gasteiger partial charge in [-0.3, -0.25) is 4.90 Å². The fourth-order valence-electron chi connectivity index (χ4n) is 2.36. The summed E-state index contributed by atoms with van der Waals surface area (Å²) >= 11 is 0. The van der Waals surface area contributed by atoms with E-state index < -0.39 is 0 Å². The van der Waals surface area contributed by atoms with E-state index in [9.17, 15) is 0 Å². The number of nitrogen functional groups attached to an aromatic ring is 2. The Morgan fingerprint density at radius 1 is 1.19 bits per heavy atom. The summed E-state index contributed by atoms with van der Waals surface area (Å²) in [6.07, 6.45) is 1.44. The van der Waals surface area contributed by atoms with E-state index in [0.29, 0.717) is 23.9 Å². The topological polar surface area (TPSA) is 99.5 Å². The van der Waals surface area contributed by atoms with Crippen LogP contribution in [0.15, 0.2) is 18.5 Å². The van der Waals surface area contributed by atoms with Crippen LogP contribution in [0.5, 0.6) is 5.75 Å². The Morgan fingerprint density at radius 3 is 2.81 bits per heavy atom. The average Bonchev–Trinajstić information content (AvgIpc) is 2.50. The van der Waals surface area contributed by atoms with Crippen LogP contribution in [0.1, 0.15) is 0 Å². The molecule has 0 radical (unpaired) electrons. The highest BCUT2D eigenvalue weighted by Gasteiger charge is 2.11. The van der Waals surface area contributed by atoms with Crippen molar-refractivity contribution < 1.29 is 9.47 Å². The predicted octanol–water partition coefficient (Wildman–Crippen LogP) is 0.505. The van der Waals surface area contributed by atoms with E-state index >= 15 is 0 Å². The summed E-state index contributed by atoms with van der Waals surface area (Å²) in [6.45, 7) is 4.90. The Balaban J connectivity index is 1.67. The van der Waals surface area contributed by atoms with E-state index in [2.05, 4.69) is 14.9 Å². The number of rotatable bonds is 4. The van der Waals surface area contributed by atoms with Gasteiger partial charge in [0.1, 0.15) is 24.5 Å². The molecular weight excluding hydrogens is 270 g/mol. The molecule has 0 unspecified atom stereocenters. The zero-order chi connectivity index (χ0) is 14.7. The Kier molecular flexibility index (Phi) is 4.03. The van der Waals surface area contributed by atoms with E-state index in [0.717, 1.165) is 43.8 Å². The van der Waals surface area contributed by atoms with Crippen molar-refractivity contribution in [1.29, 1.82) is 0 Å². The standard InChI is InChI=1S/C14H19N5O2/c15-11-7-10-12(17-9-18-14(10)16)8-13(11)21-6-3-19-1-4-20-5-2-19/h7-9H,1-6,15H2,(H2,16,17,18). The molecule has 3 rings (SSSR count). The summed E-state index contributed by atoms with van der Waals surface area (Å²) in [6, 6.07) is 3.57. The Labute approximate surface area is 122 Å². The maximum Gasteiger partial charge on any atom is 0.144 e. The first kappa shape index (κ1) is 13.8. The van der Waals surface area contributed by atoms with E-state index in [-0.39, 0.29) is 0 Å². The third kappa shape index (κ3) is 3.14. The molecule has 7 nitrogen and oxygen atoms in total. The molecule has 1 aromatic carbocycles. The van der Waals surface area contributed by atoms with Crippen LogP contribution < -0.4 is 16.2 Å². The molecule has 0 amide bonds. The van der Waals surface area contributed by atoms with Crippen molar-refractivity contribution >= 4 is 22.4 Å². The largest absolute Gasteiger partial charge is 0.490 e. The molecule has 21 heavy (non-hydrogen) atoms. The summed E-state index contributed by atoms with van der Waals surface area (Å²) in [5, 5.41) is 0.746. The molecule has 1 aliphatic heterocycles. The molecule has 0 bridgehead atoms. The van der Waals surface area contributed by atoms with Gasteiger partial charge in [0, 0.05) is 31.1 Å². The van der Waals surface area contributed by atoms with Crippen LogP contribution in [0.25, 0.3) is 10.9 Å². The first-order valence-corrected chi connectivity index (χ1v) is 6.96. The van der Waals surface area contributed by atoms with Gasteiger partial charge in [0.05, 0.1) is 24.4 Å². The molecule has 112 valence electrons. The van der Waals surface area contributed by atoms with Crippen molar-refractivity contribution in [2.24, 2.45) is 0 Å². The zero-order valence-electron chi connectivity index (χ0n) is 11.8. The highest BCUT2D eigenvalue weighted by molar-refractivity contribution is 5.92. The van der Waals surface area contributed by atoms with Crippen molar-refractivity contribution in [3.05, 3.63) is 18.5 Å². The lowest BCUT2D eigenvalue weighted by Crippen LogP contribution is -2.38. The van der Waals surface area contributed by atoms with Crippen LogP contribution >= 0.6 is 0 Å². The minimum absolute atomic E-state index is 0.423. The van der Waals surface area contributed by atoms with Crippen LogP contribution in [0.2, 0.25) is 0 Å². The molecule has 0 saturated carbocycles. The smallest absolute Gasteiger partial charge is 0.144 e. The second-order valence-corrected chi connectivity index (χ2v) is 4.97. The molecule has 1 fully saturated rings. The molecule has 1 saturated heterocycles. The van der Waals surface area contributed by atoms with Crippen molar-refractivity contribution in [3.8, 4) is 5.75 Å². The Bertz CT molecular complexity index is 628. The van der Waals surface area contributed by atoms with Crippen molar-refractivity contribution in [3.63, 3.8) is 0 Å². The molecule has 2 heterocycles. The molecule has 0 aliphatic carbocycles. The lowest BCUT2D eigenvalue weighted by Gasteiger charge is -2.26. The highest BCUT2D eigenvalue weighted by atomic mass is 16.5. The number of aromatic nitrogens is 2.